The summed E-state index contributed by atoms with van der Waals surface area (Å²) in [6.07, 6.45) is 5.15. The van der Waals surface area contributed by atoms with Crippen LogP contribution in [0.5, 0.6) is 0 Å². The van der Waals surface area contributed by atoms with Crippen molar-refractivity contribution in [1.82, 2.24) is 10.3 Å². The van der Waals surface area contributed by atoms with Crippen LogP contribution in [-0.2, 0) is 0 Å². The lowest BCUT2D eigenvalue weighted by atomic mass is 9.69. The molecule has 3 rings (SSSR count). The fourth-order valence-corrected chi connectivity index (χ4v) is 4.38. The lowest BCUT2D eigenvalue weighted by Crippen LogP contribution is -2.46. The van der Waals surface area contributed by atoms with Gasteiger partial charge in [0.25, 0.3) is 5.91 Å². The number of halogens is 1. The summed E-state index contributed by atoms with van der Waals surface area (Å²) in [4.78, 5) is 16.3. The number of rotatable bonds is 2. The Morgan fingerprint density at radius 1 is 1.45 bits per heavy atom. The van der Waals surface area contributed by atoms with Crippen molar-refractivity contribution in [2.75, 3.05) is 0 Å². The molecule has 20 heavy (non-hydrogen) atoms. The summed E-state index contributed by atoms with van der Waals surface area (Å²) >= 11 is 5.85. The molecule has 0 radical (unpaired) electrons. The summed E-state index contributed by atoms with van der Waals surface area (Å²) in [6, 6.07) is 3.59. The topological polar surface area (TPSA) is 42.0 Å². The SMILES string of the molecule is CC1(C)C2CCC1(C)C(NC(=O)c1ccnc(Cl)c1)C2. The molecule has 2 aliphatic rings. The Kier molecular flexibility index (Phi) is 3.09. The smallest absolute Gasteiger partial charge is 0.251 e. The molecule has 108 valence electrons. The molecule has 1 N–H and O–H groups in total. The number of carbonyl (C=O) groups excluding carboxylic acids is 1. The molecule has 1 aromatic rings. The van der Waals surface area contributed by atoms with Crippen molar-refractivity contribution in [2.24, 2.45) is 16.7 Å². The minimum Gasteiger partial charge on any atom is -0.349 e. The zero-order valence-corrected chi connectivity index (χ0v) is 13.0. The van der Waals surface area contributed by atoms with E-state index in [2.05, 4.69) is 31.1 Å². The highest BCUT2D eigenvalue weighted by Gasteiger charge is 2.61. The van der Waals surface area contributed by atoms with Crippen LogP contribution in [0.25, 0.3) is 0 Å². The molecule has 0 spiro atoms. The van der Waals surface area contributed by atoms with Gasteiger partial charge in [0.05, 0.1) is 0 Å². The molecule has 3 atom stereocenters. The van der Waals surface area contributed by atoms with Crippen LogP contribution in [0, 0.1) is 16.7 Å². The van der Waals surface area contributed by atoms with Crippen molar-refractivity contribution < 1.29 is 4.79 Å². The van der Waals surface area contributed by atoms with Gasteiger partial charge in [0.1, 0.15) is 5.15 Å². The van der Waals surface area contributed by atoms with Crippen LogP contribution in [0.4, 0.5) is 0 Å². The van der Waals surface area contributed by atoms with E-state index in [1.807, 2.05) is 0 Å². The molecule has 3 unspecified atom stereocenters. The summed E-state index contributed by atoms with van der Waals surface area (Å²) in [5.74, 6) is 0.683. The van der Waals surface area contributed by atoms with Gasteiger partial charge in [0.15, 0.2) is 0 Å². The average Bonchev–Trinajstić information content (AvgIpc) is 2.72. The monoisotopic (exact) mass is 292 g/mol. The second-order valence-corrected chi connectivity index (χ2v) is 7.39. The third-order valence-corrected chi connectivity index (χ3v) is 6.29. The van der Waals surface area contributed by atoms with E-state index in [1.54, 1.807) is 18.3 Å². The third-order valence-electron chi connectivity index (χ3n) is 6.09. The van der Waals surface area contributed by atoms with E-state index in [-0.39, 0.29) is 17.4 Å². The predicted octanol–water partition coefficient (Wildman–Crippen LogP) is 3.68. The summed E-state index contributed by atoms with van der Waals surface area (Å²) in [5.41, 5.74) is 1.10. The van der Waals surface area contributed by atoms with Gasteiger partial charge < -0.3 is 5.32 Å². The summed E-state index contributed by atoms with van der Waals surface area (Å²) in [7, 11) is 0. The highest BCUT2D eigenvalue weighted by molar-refractivity contribution is 6.29. The zero-order valence-electron chi connectivity index (χ0n) is 12.2. The predicted molar refractivity (Wildman–Crippen MR) is 79.7 cm³/mol. The first-order valence-corrected chi connectivity index (χ1v) is 7.65. The van der Waals surface area contributed by atoms with Gasteiger partial charge in [-0.1, -0.05) is 32.4 Å². The summed E-state index contributed by atoms with van der Waals surface area (Å²) < 4.78 is 0. The maximum absolute atomic E-state index is 12.4. The van der Waals surface area contributed by atoms with Crippen molar-refractivity contribution in [3.05, 3.63) is 29.0 Å². The number of nitrogens with one attached hydrogen (secondary N) is 1. The van der Waals surface area contributed by atoms with Crippen LogP contribution in [0.15, 0.2) is 18.3 Å². The molecule has 0 aliphatic heterocycles. The van der Waals surface area contributed by atoms with Crippen LogP contribution in [0.2, 0.25) is 5.15 Å². The Labute approximate surface area is 125 Å². The second kappa shape index (κ2) is 4.45. The van der Waals surface area contributed by atoms with E-state index in [4.69, 9.17) is 11.6 Å². The van der Waals surface area contributed by atoms with Crippen LogP contribution in [-0.4, -0.2) is 16.9 Å². The Morgan fingerprint density at radius 2 is 2.20 bits per heavy atom. The van der Waals surface area contributed by atoms with Crippen molar-refractivity contribution in [3.8, 4) is 0 Å². The van der Waals surface area contributed by atoms with Crippen LogP contribution < -0.4 is 5.32 Å². The number of fused-ring (bicyclic) bond motifs is 2. The highest BCUT2D eigenvalue weighted by atomic mass is 35.5. The normalized spacial score (nSPS) is 34.2. The molecule has 2 aliphatic carbocycles. The first kappa shape index (κ1) is 13.9. The van der Waals surface area contributed by atoms with Crippen molar-refractivity contribution in [3.63, 3.8) is 0 Å². The molecule has 1 aromatic heterocycles. The van der Waals surface area contributed by atoms with Crippen LogP contribution in [0.3, 0.4) is 0 Å². The molecule has 4 heteroatoms. The number of aromatic nitrogens is 1. The Hall–Kier alpha value is -1.09. The van der Waals surface area contributed by atoms with Gasteiger partial charge in [0, 0.05) is 17.8 Å². The lowest BCUT2D eigenvalue weighted by molar-refractivity contribution is 0.0826. The molecule has 2 fully saturated rings. The first-order valence-electron chi connectivity index (χ1n) is 7.27. The average molecular weight is 293 g/mol. The fourth-order valence-electron chi connectivity index (χ4n) is 4.21. The zero-order chi connectivity index (χ0) is 14.5. The fraction of sp³-hybridized carbons (Fsp3) is 0.625. The Bertz CT molecular complexity index is 557. The standard InChI is InChI=1S/C16H21ClN2O/c1-15(2)11-4-6-16(15,3)12(9-11)19-14(20)10-5-7-18-13(17)8-10/h5,7-8,11-12H,4,6,9H2,1-3H3,(H,19,20). The molecule has 0 aromatic carbocycles. The van der Waals surface area contributed by atoms with Crippen molar-refractivity contribution in [1.29, 1.82) is 0 Å². The summed E-state index contributed by atoms with van der Waals surface area (Å²) in [5, 5.41) is 3.58. The minimum atomic E-state index is -0.0381. The van der Waals surface area contributed by atoms with E-state index in [0.29, 0.717) is 16.1 Å². The lowest BCUT2D eigenvalue weighted by Gasteiger charge is -2.39. The number of hydrogen-bond acceptors (Lipinski definition) is 2. The molecule has 3 nitrogen and oxygen atoms in total. The van der Waals surface area contributed by atoms with Crippen LogP contribution in [0.1, 0.15) is 50.4 Å². The van der Waals surface area contributed by atoms with Gasteiger partial charge in [-0.2, -0.15) is 0 Å². The van der Waals surface area contributed by atoms with Gasteiger partial charge >= 0.3 is 0 Å². The van der Waals surface area contributed by atoms with E-state index in [9.17, 15) is 4.79 Å². The molecule has 1 amide bonds. The van der Waals surface area contributed by atoms with Crippen LogP contribution >= 0.6 is 11.6 Å². The molecule has 1 heterocycles. The molecular weight excluding hydrogens is 272 g/mol. The van der Waals surface area contributed by atoms with Gasteiger partial charge in [-0.05, 0) is 48.1 Å². The Morgan fingerprint density at radius 3 is 2.75 bits per heavy atom. The minimum absolute atomic E-state index is 0.0381. The summed E-state index contributed by atoms with van der Waals surface area (Å²) in [6.45, 7) is 7.02. The third kappa shape index (κ3) is 1.86. The second-order valence-electron chi connectivity index (χ2n) is 7.00. The van der Waals surface area contributed by atoms with E-state index < -0.39 is 0 Å². The molecule has 2 bridgehead atoms. The van der Waals surface area contributed by atoms with Gasteiger partial charge in [-0.15, -0.1) is 0 Å². The largest absolute Gasteiger partial charge is 0.349 e. The van der Waals surface area contributed by atoms with Crippen molar-refractivity contribution >= 4 is 17.5 Å². The van der Waals surface area contributed by atoms with E-state index >= 15 is 0 Å². The molecule has 2 saturated carbocycles. The first-order chi connectivity index (χ1) is 9.34. The number of amides is 1. The molecule has 0 saturated heterocycles. The van der Waals surface area contributed by atoms with Gasteiger partial charge in [-0.25, -0.2) is 4.98 Å². The maximum Gasteiger partial charge on any atom is 0.251 e. The number of carbonyl (C=O) groups is 1. The highest BCUT2D eigenvalue weighted by Crippen LogP contribution is 2.65. The Balaban J connectivity index is 1.78. The van der Waals surface area contributed by atoms with E-state index in [0.717, 1.165) is 12.3 Å². The number of nitrogens with zero attached hydrogens (tertiary/aromatic N) is 1. The van der Waals surface area contributed by atoms with E-state index in [1.165, 1.54) is 12.8 Å². The van der Waals surface area contributed by atoms with Gasteiger partial charge in [0.2, 0.25) is 0 Å². The molecular formula is C16H21ClN2O. The van der Waals surface area contributed by atoms with Gasteiger partial charge in [-0.3, -0.25) is 4.79 Å². The quantitative estimate of drug-likeness (QED) is 0.845. The van der Waals surface area contributed by atoms with Crippen molar-refractivity contribution in [2.45, 2.75) is 46.1 Å². The number of hydrogen-bond donors (Lipinski definition) is 1. The maximum atomic E-state index is 12.4. The number of pyridine rings is 1.